The molecule has 4 heteroatoms. The summed E-state index contributed by atoms with van der Waals surface area (Å²) >= 11 is 0. The first-order valence-corrected chi connectivity index (χ1v) is 7.72. The fourth-order valence-corrected chi connectivity index (χ4v) is 2.96. The van der Waals surface area contributed by atoms with Crippen LogP contribution in [0.15, 0.2) is 48.5 Å². The summed E-state index contributed by atoms with van der Waals surface area (Å²) in [5.41, 5.74) is 2.59. The van der Waals surface area contributed by atoms with Gasteiger partial charge in [-0.3, -0.25) is 4.79 Å². The van der Waals surface area contributed by atoms with E-state index in [1.54, 1.807) is 24.3 Å². The topological polar surface area (TPSA) is 53.3 Å². The molecule has 0 saturated carbocycles. The lowest BCUT2D eigenvalue weighted by Crippen LogP contribution is -2.44. The number of hydrogen-bond donors (Lipinski definition) is 0. The van der Waals surface area contributed by atoms with Crippen molar-refractivity contribution in [2.45, 2.75) is 25.8 Å². The van der Waals surface area contributed by atoms with Crippen molar-refractivity contribution < 1.29 is 9.53 Å². The number of fused-ring (bicyclic) bond motifs is 1. The summed E-state index contributed by atoms with van der Waals surface area (Å²) in [5, 5.41) is 9.08. The number of ether oxygens (including phenoxy) is 1. The second-order valence-corrected chi connectivity index (χ2v) is 5.68. The normalized spacial score (nSPS) is 16.3. The highest BCUT2D eigenvalue weighted by molar-refractivity contribution is 5.96. The van der Waals surface area contributed by atoms with Gasteiger partial charge in [0.2, 0.25) is 0 Å². The van der Waals surface area contributed by atoms with E-state index in [0.717, 1.165) is 18.5 Å². The van der Waals surface area contributed by atoms with E-state index in [1.165, 1.54) is 5.56 Å². The van der Waals surface area contributed by atoms with Crippen LogP contribution in [-0.2, 0) is 11.2 Å². The van der Waals surface area contributed by atoms with E-state index in [0.29, 0.717) is 11.3 Å². The van der Waals surface area contributed by atoms with Crippen LogP contribution < -0.4 is 9.64 Å². The quantitative estimate of drug-likeness (QED) is 0.874. The minimum Gasteiger partial charge on any atom is -0.482 e. The number of rotatable bonds is 3. The highest BCUT2D eigenvalue weighted by atomic mass is 16.5. The molecule has 3 rings (SSSR count). The summed E-state index contributed by atoms with van der Waals surface area (Å²) in [7, 11) is 0. The van der Waals surface area contributed by atoms with E-state index < -0.39 is 0 Å². The Hall–Kier alpha value is -2.80. The van der Waals surface area contributed by atoms with E-state index in [9.17, 15) is 4.79 Å². The van der Waals surface area contributed by atoms with Crippen molar-refractivity contribution in [2.75, 3.05) is 11.5 Å². The molecule has 1 heterocycles. The van der Waals surface area contributed by atoms with E-state index >= 15 is 0 Å². The van der Waals surface area contributed by atoms with Gasteiger partial charge in [0.1, 0.15) is 11.8 Å². The van der Waals surface area contributed by atoms with Crippen molar-refractivity contribution >= 4 is 11.6 Å². The van der Waals surface area contributed by atoms with Gasteiger partial charge in [0.15, 0.2) is 6.61 Å². The molecule has 1 aliphatic heterocycles. The number of aryl methyl sites for hydroxylation is 1. The van der Waals surface area contributed by atoms with Crippen LogP contribution in [0.4, 0.5) is 5.69 Å². The number of amides is 1. The zero-order chi connectivity index (χ0) is 16.2. The molecule has 0 bridgehead atoms. The lowest BCUT2D eigenvalue weighted by molar-refractivity contribution is -0.121. The highest BCUT2D eigenvalue weighted by Gasteiger charge is 2.28. The number of anilines is 1. The molecule has 2 aromatic carbocycles. The largest absolute Gasteiger partial charge is 0.482 e. The third-order valence-corrected chi connectivity index (χ3v) is 4.15. The van der Waals surface area contributed by atoms with Gasteiger partial charge >= 0.3 is 0 Å². The van der Waals surface area contributed by atoms with E-state index in [4.69, 9.17) is 10.00 Å². The third kappa shape index (κ3) is 3.04. The summed E-state index contributed by atoms with van der Waals surface area (Å²) in [6, 6.07) is 17.2. The van der Waals surface area contributed by atoms with Crippen LogP contribution >= 0.6 is 0 Å². The minimum atomic E-state index is -0.0857. The second kappa shape index (κ2) is 6.53. The van der Waals surface area contributed by atoms with Crippen molar-refractivity contribution in [3.63, 3.8) is 0 Å². The Balaban J connectivity index is 1.77. The molecular formula is C19H18N2O2. The Kier molecular flexibility index (Phi) is 4.29. The lowest BCUT2D eigenvalue weighted by atomic mass is 9.96. The maximum absolute atomic E-state index is 12.7. The molecule has 0 fully saturated rings. The van der Waals surface area contributed by atoms with Gasteiger partial charge in [-0.1, -0.05) is 30.3 Å². The number of benzene rings is 2. The van der Waals surface area contributed by atoms with Crippen LogP contribution in [0.2, 0.25) is 0 Å². The SMILES string of the molecule is CC1CCc2ccccc2N1C(=O)COc1ccccc1C#N. The van der Waals surface area contributed by atoms with E-state index in [2.05, 4.69) is 19.1 Å². The molecule has 0 radical (unpaired) electrons. The van der Waals surface area contributed by atoms with Gasteiger partial charge in [-0.25, -0.2) is 0 Å². The zero-order valence-electron chi connectivity index (χ0n) is 13.0. The molecule has 0 aliphatic carbocycles. The highest BCUT2D eigenvalue weighted by Crippen LogP contribution is 2.30. The Morgan fingerprint density at radius 3 is 2.83 bits per heavy atom. The maximum Gasteiger partial charge on any atom is 0.265 e. The van der Waals surface area contributed by atoms with Gasteiger partial charge < -0.3 is 9.64 Å². The molecule has 1 amide bonds. The first-order valence-electron chi connectivity index (χ1n) is 7.72. The molecule has 0 N–H and O–H groups in total. The monoisotopic (exact) mass is 306 g/mol. The Bertz CT molecular complexity index is 764. The lowest BCUT2D eigenvalue weighted by Gasteiger charge is -2.35. The van der Waals surface area contributed by atoms with Crippen molar-refractivity contribution in [3.05, 3.63) is 59.7 Å². The summed E-state index contributed by atoms with van der Waals surface area (Å²) in [5.74, 6) is 0.360. The van der Waals surface area contributed by atoms with Gasteiger partial charge in [0, 0.05) is 11.7 Å². The molecule has 1 unspecified atom stereocenters. The number of hydrogen-bond acceptors (Lipinski definition) is 3. The van der Waals surface area contributed by atoms with Gasteiger partial charge in [-0.05, 0) is 43.5 Å². The average Bonchev–Trinajstić information content (AvgIpc) is 2.59. The third-order valence-electron chi connectivity index (χ3n) is 4.15. The first kappa shape index (κ1) is 15.1. The number of nitrogens with zero attached hydrogens (tertiary/aromatic N) is 2. The molecule has 1 aliphatic rings. The van der Waals surface area contributed by atoms with Crippen LogP contribution in [0.3, 0.4) is 0 Å². The molecular weight excluding hydrogens is 288 g/mol. The predicted molar refractivity (Wildman–Crippen MR) is 88.4 cm³/mol. The molecule has 1 atom stereocenters. The standard InChI is InChI=1S/C19H18N2O2/c1-14-10-11-15-6-2-4-8-17(15)21(14)19(22)13-23-18-9-5-3-7-16(18)12-20/h2-9,14H,10-11,13H2,1H3. The van der Waals surface area contributed by atoms with Gasteiger partial charge in [-0.15, -0.1) is 0 Å². The van der Waals surface area contributed by atoms with Crippen LogP contribution in [0, 0.1) is 11.3 Å². The molecule has 0 saturated heterocycles. The summed E-state index contributed by atoms with van der Waals surface area (Å²) in [6.07, 6.45) is 1.93. The van der Waals surface area contributed by atoms with Crippen molar-refractivity contribution in [1.82, 2.24) is 0 Å². The second-order valence-electron chi connectivity index (χ2n) is 5.68. The first-order chi connectivity index (χ1) is 11.2. The van der Waals surface area contributed by atoms with Gasteiger partial charge in [0.25, 0.3) is 5.91 Å². The maximum atomic E-state index is 12.7. The number of nitriles is 1. The van der Waals surface area contributed by atoms with Crippen LogP contribution in [0.1, 0.15) is 24.5 Å². The molecule has 23 heavy (non-hydrogen) atoms. The number of carbonyl (C=O) groups is 1. The van der Waals surface area contributed by atoms with Crippen LogP contribution in [0.25, 0.3) is 0 Å². The molecule has 4 nitrogen and oxygen atoms in total. The number of para-hydroxylation sites is 2. The zero-order valence-corrected chi connectivity index (χ0v) is 13.0. The van der Waals surface area contributed by atoms with Gasteiger partial charge in [0.05, 0.1) is 5.56 Å². The smallest absolute Gasteiger partial charge is 0.265 e. The minimum absolute atomic E-state index is 0.0721. The molecule has 0 spiro atoms. The molecule has 0 aromatic heterocycles. The Labute approximate surface area is 135 Å². The van der Waals surface area contributed by atoms with Gasteiger partial charge in [-0.2, -0.15) is 5.26 Å². The van der Waals surface area contributed by atoms with Crippen molar-refractivity contribution in [1.29, 1.82) is 5.26 Å². The average molecular weight is 306 g/mol. The van der Waals surface area contributed by atoms with Crippen LogP contribution in [-0.4, -0.2) is 18.6 Å². The summed E-state index contributed by atoms with van der Waals surface area (Å²) in [6.45, 7) is 1.98. The number of carbonyl (C=O) groups excluding carboxylic acids is 1. The predicted octanol–water partition coefficient (Wildman–Crippen LogP) is 3.30. The molecule has 116 valence electrons. The Morgan fingerprint density at radius 2 is 2.00 bits per heavy atom. The Morgan fingerprint density at radius 1 is 1.26 bits per heavy atom. The summed E-state index contributed by atoms with van der Waals surface area (Å²) < 4.78 is 5.59. The van der Waals surface area contributed by atoms with Crippen molar-refractivity contribution in [2.24, 2.45) is 0 Å². The fourth-order valence-electron chi connectivity index (χ4n) is 2.96. The van der Waals surface area contributed by atoms with E-state index in [1.807, 2.05) is 23.1 Å². The fraction of sp³-hybridized carbons (Fsp3) is 0.263. The van der Waals surface area contributed by atoms with E-state index in [-0.39, 0.29) is 18.6 Å². The molecule has 2 aromatic rings. The van der Waals surface area contributed by atoms with Crippen LogP contribution in [0.5, 0.6) is 5.75 Å². The van der Waals surface area contributed by atoms with Crippen molar-refractivity contribution in [3.8, 4) is 11.8 Å². The summed E-state index contributed by atoms with van der Waals surface area (Å²) in [4.78, 5) is 14.5.